The number of esters is 1. The molecule has 2 heterocycles. The monoisotopic (exact) mass is 298 g/mol. The van der Waals surface area contributed by atoms with E-state index in [9.17, 15) is 4.79 Å². The lowest BCUT2D eigenvalue weighted by atomic mass is 10.2. The first-order valence-electron chi connectivity index (χ1n) is 6.59. The fourth-order valence-corrected chi connectivity index (χ4v) is 2.10. The molecule has 1 fully saturated rings. The minimum absolute atomic E-state index is 0.287. The Morgan fingerprint density at radius 3 is 2.60 bits per heavy atom. The van der Waals surface area contributed by atoms with Gasteiger partial charge in [-0.25, -0.2) is 9.78 Å². The Balaban J connectivity index is 2.21. The molecule has 0 spiro atoms. The molecule has 0 aromatic carbocycles. The zero-order valence-electron chi connectivity index (χ0n) is 12.0. The molecule has 1 aliphatic rings. The maximum absolute atomic E-state index is 12.1. The van der Waals surface area contributed by atoms with Gasteiger partial charge in [0.2, 0.25) is 0 Å². The van der Waals surface area contributed by atoms with Crippen molar-refractivity contribution in [3.05, 3.63) is 22.8 Å². The van der Waals surface area contributed by atoms with Gasteiger partial charge in [-0.2, -0.15) is 0 Å². The van der Waals surface area contributed by atoms with Crippen LogP contribution in [-0.2, 0) is 9.47 Å². The van der Waals surface area contributed by atoms with E-state index in [-0.39, 0.29) is 5.15 Å². The van der Waals surface area contributed by atoms with Crippen LogP contribution in [0, 0.1) is 0 Å². The average Bonchev–Trinajstić information content (AvgIpc) is 2.37. The lowest BCUT2D eigenvalue weighted by Gasteiger charge is -2.28. The number of ether oxygens (including phenoxy) is 2. The number of aromatic nitrogens is 1. The summed E-state index contributed by atoms with van der Waals surface area (Å²) in [5.41, 5.74) is -0.118. The van der Waals surface area contributed by atoms with E-state index < -0.39 is 11.6 Å². The number of carbonyl (C=O) groups excluding carboxylic acids is 1. The molecule has 0 amide bonds. The Labute approximate surface area is 123 Å². The van der Waals surface area contributed by atoms with E-state index in [4.69, 9.17) is 21.1 Å². The van der Waals surface area contributed by atoms with E-state index in [1.165, 1.54) is 6.07 Å². The molecule has 0 radical (unpaired) electrons. The Bertz CT molecular complexity index is 494. The molecule has 0 unspecified atom stereocenters. The standard InChI is InChI=1S/C14H19ClN2O3/c1-14(2,3)20-13(18)10-8-11(15)16-12(9-10)17-4-6-19-7-5-17/h8-9H,4-7H2,1-3H3. The molecule has 0 bridgehead atoms. The van der Waals surface area contributed by atoms with Gasteiger partial charge in [0, 0.05) is 13.1 Å². The molecular weight excluding hydrogens is 280 g/mol. The lowest BCUT2D eigenvalue weighted by Crippen LogP contribution is -2.37. The Morgan fingerprint density at radius 1 is 1.35 bits per heavy atom. The summed E-state index contributed by atoms with van der Waals surface area (Å²) < 4.78 is 10.7. The van der Waals surface area contributed by atoms with Crippen LogP contribution >= 0.6 is 11.6 Å². The van der Waals surface area contributed by atoms with Crippen LogP contribution in [0.3, 0.4) is 0 Å². The van der Waals surface area contributed by atoms with Crippen LogP contribution in [0.5, 0.6) is 0 Å². The van der Waals surface area contributed by atoms with E-state index in [2.05, 4.69) is 4.98 Å². The van der Waals surface area contributed by atoms with Crippen molar-refractivity contribution in [2.75, 3.05) is 31.2 Å². The van der Waals surface area contributed by atoms with Gasteiger partial charge < -0.3 is 14.4 Å². The van der Waals surface area contributed by atoms with E-state index >= 15 is 0 Å². The first kappa shape index (κ1) is 15.1. The molecule has 1 saturated heterocycles. The van der Waals surface area contributed by atoms with Gasteiger partial charge in [-0.05, 0) is 32.9 Å². The third-order valence-corrected chi connectivity index (χ3v) is 2.94. The van der Waals surface area contributed by atoms with Gasteiger partial charge in [-0.1, -0.05) is 11.6 Å². The van der Waals surface area contributed by atoms with Crippen LogP contribution < -0.4 is 4.90 Å². The number of carbonyl (C=O) groups is 1. The Morgan fingerprint density at radius 2 is 2.00 bits per heavy atom. The second-order valence-corrected chi connectivity index (χ2v) is 6.03. The Hall–Kier alpha value is -1.33. The summed E-state index contributed by atoms with van der Waals surface area (Å²) in [4.78, 5) is 18.4. The first-order chi connectivity index (χ1) is 9.35. The maximum Gasteiger partial charge on any atom is 0.338 e. The van der Waals surface area contributed by atoms with E-state index in [1.54, 1.807) is 6.07 Å². The average molecular weight is 299 g/mol. The van der Waals surface area contributed by atoms with E-state index in [1.807, 2.05) is 25.7 Å². The molecule has 5 nitrogen and oxygen atoms in total. The van der Waals surface area contributed by atoms with Gasteiger partial charge >= 0.3 is 5.97 Å². The SMILES string of the molecule is CC(C)(C)OC(=O)c1cc(Cl)nc(N2CCOCC2)c1. The summed E-state index contributed by atoms with van der Waals surface area (Å²) in [5, 5.41) is 0.287. The van der Waals surface area contributed by atoms with Crippen molar-refractivity contribution in [1.29, 1.82) is 0 Å². The number of halogens is 1. The van der Waals surface area contributed by atoms with Gasteiger partial charge in [0.25, 0.3) is 0 Å². The molecule has 20 heavy (non-hydrogen) atoms. The maximum atomic E-state index is 12.1. The summed E-state index contributed by atoms with van der Waals surface area (Å²) >= 11 is 6.01. The predicted molar refractivity (Wildman–Crippen MR) is 77.4 cm³/mol. The molecule has 2 rings (SSSR count). The molecule has 1 aliphatic heterocycles. The third-order valence-electron chi connectivity index (χ3n) is 2.75. The lowest BCUT2D eigenvalue weighted by molar-refractivity contribution is 0.00694. The highest BCUT2D eigenvalue weighted by atomic mass is 35.5. The van der Waals surface area contributed by atoms with E-state index in [0.29, 0.717) is 24.6 Å². The highest BCUT2D eigenvalue weighted by Gasteiger charge is 2.21. The van der Waals surface area contributed by atoms with Crippen molar-refractivity contribution < 1.29 is 14.3 Å². The highest BCUT2D eigenvalue weighted by Crippen LogP contribution is 2.21. The topological polar surface area (TPSA) is 51.7 Å². The molecule has 0 N–H and O–H groups in total. The van der Waals surface area contributed by atoms with Gasteiger partial charge in [0.15, 0.2) is 0 Å². The number of anilines is 1. The van der Waals surface area contributed by atoms with Crippen molar-refractivity contribution in [2.45, 2.75) is 26.4 Å². The minimum Gasteiger partial charge on any atom is -0.456 e. The molecule has 0 saturated carbocycles. The molecular formula is C14H19ClN2O3. The van der Waals surface area contributed by atoms with Gasteiger partial charge in [0.05, 0.1) is 18.8 Å². The second-order valence-electron chi connectivity index (χ2n) is 5.64. The number of rotatable bonds is 2. The zero-order valence-corrected chi connectivity index (χ0v) is 12.7. The van der Waals surface area contributed by atoms with Crippen LogP contribution in [0.2, 0.25) is 5.15 Å². The number of nitrogens with zero attached hydrogens (tertiary/aromatic N) is 2. The summed E-state index contributed by atoms with van der Waals surface area (Å²) in [6.45, 7) is 8.26. The smallest absolute Gasteiger partial charge is 0.338 e. The minimum atomic E-state index is -0.536. The third kappa shape index (κ3) is 4.08. The number of morpholine rings is 1. The fourth-order valence-electron chi connectivity index (χ4n) is 1.89. The van der Waals surface area contributed by atoms with Crippen molar-refractivity contribution in [3.63, 3.8) is 0 Å². The first-order valence-corrected chi connectivity index (χ1v) is 6.96. The second kappa shape index (κ2) is 5.97. The summed E-state index contributed by atoms with van der Waals surface area (Å²) in [6, 6.07) is 3.24. The van der Waals surface area contributed by atoms with E-state index in [0.717, 1.165) is 13.1 Å². The normalized spacial score (nSPS) is 16.1. The quantitative estimate of drug-likeness (QED) is 0.620. The Kier molecular flexibility index (Phi) is 4.50. The van der Waals surface area contributed by atoms with Gasteiger partial charge in [-0.3, -0.25) is 0 Å². The van der Waals surface area contributed by atoms with Gasteiger partial charge in [0.1, 0.15) is 16.6 Å². The van der Waals surface area contributed by atoms with Crippen molar-refractivity contribution >= 4 is 23.4 Å². The zero-order chi connectivity index (χ0) is 14.8. The van der Waals surface area contributed by atoms with Crippen LogP contribution in [0.25, 0.3) is 0 Å². The number of hydrogen-bond donors (Lipinski definition) is 0. The van der Waals surface area contributed by atoms with Crippen molar-refractivity contribution in [2.24, 2.45) is 0 Å². The largest absolute Gasteiger partial charge is 0.456 e. The fraction of sp³-hybridized carbons (Fsp3) is 0.571. The molecule has 110 valence electrons. The summed E-state index contributed by atoms with van der Waals surface area (Å²) in [5.74, 6) is 0.290. The number of pyridine rings is 1. The molecule has 6 heteroatoms. The van der Waals surface area contributed by atoms with Crippen molar-refractivity contribution in [1.82, 2.24) is 4.98 Å². The molecule has 1 aromatic rings. The van der Waals surface area contributed by atoms with Crippen LogP contribution in [0.1, 0.15) is 31.1 Å². The summed E-state index contributed by atoms with van der Waals surface area (Å²) in [7, 11) is 0. The van der Waals surface area contributed by atoms with Crippen molar-refractivity contribution in [3.8, 4) is 0 Å². The molecule has 1 aromatic heterocycles. The predicted octanol–water partition coefficient (Wildman–Crippen LogP) is 2.53. The number of hydrogen-bond acceptors (Lipinski definition) is 5. The molecule has 0 atom stereocenters. The van der Waals surface area contributed by atoms with Crippen LogP contribution in [0.4, 0.5) is 5.82 Å². The highest BCUT2D eigenvalue weighted by molar-refractivity contribution is 6.29. The molecule has 0 aliphatic carbocycles. The summed E-state index contributed by atoms with van der Waals surface area (Å²) in [6.07, 6.45) is 0. The van der Waals surface area contributed by atoms with Crippen LogP contribution in [-0.4, -0.2) is 42.9 Å². The van der Waals surface area contributed by atoms with Crippen LogP contribution in [0.15, 0.2) is 12.1 Å². The van der Waals surface area contributed by atoms with Gasteiger partial charge in [-0.15, -0.1) is 0 Å².